The Hall–Kier alpha value is -2.40. The lowest BCUT2D eigenvalue weighted by Crippen LogP contribution is -2.45. The lowest BCUT2D eigenvalue weighted by Gasteiger charge is -2.42. The summed E-state index contributed by atoms with van der Waals surface area (Å²) in [6.45, 7) is -0.135. The average Bonchev–Trinajstić information content (AvgIpc) is 3.02. The molecule has 4 atom stereocenters. The second kappa shape index (κ2) is 10.1. The van der Waals surface area contributed by atoms with E-state index in [2.05, 4.69) is 0 Å². The topological polar surface area (TPSA) is 145 Å². The van der Waals surface area contributed by atoms with Crippen LogP contribution < -0.4 is 0 Å². The highest BCUT2D eigenvalue weighted by Crippen LogP contribution is 2.51. The number of unbranched alkanes of at least 4 members (excludes halogenated alkanes) is 2. The van der Waals surface area contributed by atoms with Gasteiger partial charge >= 0.3 is 13.1 Å². The van der Waals surface area contributed by atoms with Crippen molar-refractivity contribution >= 4 is 36.5 Å². The van der Waals surface area contributed by atoms with Crippen LogP contribution in [0.3, 0.4) is 0 Å². The highest BCUT2D eigenvalue weighted by atomic mass is 35.5. The number of hydrogen-bond donors (Lipinski definition) is 4. The molecule has 3 aliphatic rings. The zero-order valence-corrected chi connectivity index (χ0v) is 19.3. The van der Waals surface area contributed by atoms with Crippen molar-refractivity contribution in [2.24, 2.45) is 17.8 Å². The number of carboxylic acid groups (broad SMARTS) is 1. The molecule has 0 radical (unpaired) electrons. The number of imide groups is 1. The van der Waals surface area contributed by atoms with Crippen molar-refractivity contribution in [2.45, 2.75) is 44.6 Å². The summed E-state index contributed by atoms with van der Waals surface area (Å²) < 4.78 is 5.81. The highest BCUT2D eigenvalue weighted by molar-refractivity contribution is 6.53. The number of phenols is 1. The van der Waals surface area contributed by atoms with Crippen LogP contribution in [0.1, 0.15) is 50.2 Å². The Morgan fingerprint density at radius 1 is 1.18 bits per heavy atom. The third-order valence-electron chi connectivity index (χ3n) is 7.10. The van der Waals surface area contributed by atoms with Crippen LogP contribution in [-0.2, 0) is 19.0 Å². The van der Waals surface area contributed by atoms with Crippen LogP contribution in [0.2, 0.25) is 5.02 Å². The van der Waals surface area contributed by atoms with E-state index in [1.54, 1.807) is 6.07 Å². The number of halogens is 1. The zero-order chi connectivity index (χ0) is 24.6. The number of aliphatic hydroxyl groups is 1. The second-order valence-corrected chi connectivity index (χ2v) is 9.52. The number of aliphatic carboxylic acids is 1. The number of aliphatic hydroxyl groups excluding tert-OH is 1. The number of carboxylic acids is 1. The van der Waals surface area contributed by atoms with E-state index in [0.717, 1.165) is 0 Å². The molecular formula is C23H27BClNO8. The minimum atomic E-state index is -1.36. The number of amides is 2. The number of allylic oxidation sites excluding steroid dienone is 1. The number of hydrogen-bond acceptors (Lipinski definition) is 7. The van der Waals surface area contributed by atoms with Crippen LogP contribution in [-0.4, -0.2) is 63.3 Å². The highest BCUT2D eigenvalue weighted by Gasteiger charge is 2.57. The quantitative estimate of drug-likeness (QED) is 0.246. The van der Waals surface area contributed by atoms with E-state index < -0.39 is 36.9 Å². The van der Waals surface area contributed by atoms with Crippen LogP contribution >= 0.6 is 11.6 Å². The second-order valence-electron chi connectivity index (χ2n) is 9.11. The van der Waals surface area contributed by atoms with E-state index in [9.17, 15) is 29.6 Å². The van der Waals surface area contributed by atoms with Gasteiger partial charge < -0.3 is 25.0 Å². The summed E-state index contributed by atoms with van der Waals surface area (Å²) >= 11 is 6.29. The average molecular weight is 492 g/mol. The molecule has 2 amide bonds. The number of rotatable bonds is 8. The van der Waals surface area contributed by atoms with Gasteiger partial charge in [-0.05, 0) is 60.3 Å². The van der Waals surface area contributed by atoms with Crippen LogP contribution in [0.15, 0.2) is 29.2 Å². The smallest absolute Gasteiger partial charge is 0.487 e. The molecule has 1 aromatic carbocycles. The normalized spacial score (nSPS) is 26.7. The van der Waals surface area contributed by atoms with Crippen LogP contribution in [0.5, 0.6) is 5.75 Å². The Morgan fingerprint density at radius 2 is 1.94 bits per heavy atom. The molecule has 4 N–H and O–H groups in total. The largest absolute Gasteiger partial charge is 0.508 e. The summed E-state index contributed by atoms with van der Waals surface area (Å²) in [5, 5.41) is 39.5. The van der Waals surface area contributed by atoms with Gasteiger partial charge in [-0.1, -0.05) is 24.1 Å². The van der Waals surface area contributed by atoms with E-state index in [1.807, 2.05) is 0 Å². The first-order valence-corrected chi connectivity index (χ1v) is 11.8. The Morgan fingerprint density at radius 3 is 2.62 bits per heavy atom. The van der Waals surface area contributed by atoms with Crippen LogP contribution in [0.4, 0.5) is 0 Å². The van der Waals surface area contributed by atoms with Crippen molar-refractivity contribution in [1.29, 1.82) is 0 Å². The lowest BCUT2D eigenvalue weighted by atomic mass is 9.55. The maximum absolute atomic E-state index is 13.4. The molecule has 2 heterocycles. The Labute approximate surface area is 202 Å². The lowest BCUT2D eigenvalue weighted by molar-refractivity contribution is -0.141. The number of likely N-dealkylation sites (tertiary alicyclic amines) is 1. The summed E-state index contributed by atoms with van der Waals surface area (Å²) in [6, 6.07) is 4.43. The molecule has 11 heteroatoms. The third kappa shape index (κ3) is 4.60. The van der Waals surface area contributed by atoms with Crippen molar-refractivity contribution < 1.29 is 39.4 Å². The number of carbonyl (C=O) groups is 3. The van der Waals surface area contributed by atoms with E-state index in [0.29, 0.717) is 35.9 Å². The van der Waals surface area contributed by atoms with Gasteiger partial charge in [-0.2, -0.15) is 0 Å². The van der Waals surface area contributed by atoms with Gasteiger partial charge in [0.25, 0.3) is 0 Å². The van der Waals surface area contributed by atoms with Crippen molar-refractivity contribution in [1.82, 2.24) is 4.90 Å². The van der Waals surface area contributed by atoms with E-state index in [1.165, 1.54) is 17.0 Å². The van der Waals surface area contributed by atoms with E-state index in [-0.39, 0.29) is 55.0 Å². The van der Waals surface area contributed by atoms with E-state index >= 15 is 0 Å². The Kier molecular flexibility index (Phi) is 7.32. The molecular weight excluding hydrogens is 465 g/mol. The molecule has 1 aliphatic carbocycles. The van der Waals surface area contributed by atoms with Gasteiger partial charge in [0.2, 0.25) is 11.8 Å². The zero-order valence-electron chi connectivity index (χ0n) is 18.5. The maximum Gasteiger partial charge on any atom is 0.487 e. The monoisotopic (exact) mass is 491 g/mol. The van der Waals surface area contributed by atoms with Gasteiger partial charge in [0.1, 0.15) is 5.75 Å². The van der Waals surface area contributed by atoms with Crippen LogP contribution in [0.25, 0.3) is 0 Å². The summed E-state index contributed by atoms with van der Waals surface area (Å²) in [7, 11) is -1.36. The van der Waals surface area contributed by atoms with Gasteiger partial charge in [-0.15, -0.1) is 0 Å². The molecule has 0 aromatic heterocycles. The molecule has 182 valence electrons. The Bertz CT molecular complexity index is 1030. The molecule has 2 aliphatic heterocycles. The number of nitrogens with zero attached hydrogens (tertiary/aromatic N) is 1. The number of aromatic hydroxyl groups is 1. The number of fused-ring (bicyclic) bond motifs is 3. The molecule has 0 spiro atoms. The molecule has 0 saturated carbocycles. The maximum atomic E-state index is 13.4. The number of phenolic OH excluding ortho intramolecular Hbond substituents is 1. The fraction of sp³-hybridized carbons (Fsp3) is 0.522. The standard InChI is InChI=1S/C23H27BClNO8/c25-17-9-13(28)5-6-14(17)18-10-15-20-16(8-12(11-27)21(15)24(33)34-18)22(31)26(23(20)32)7-3-1-2-4-19(29)30/h5-6,9,15-16,18,20,27-28,33H,1-4,7-8,10-11H2,(H,29,30)/t15-,16-,18-,20+/m0/s1. The van der Waals surface area contributed by atoms with Gasteiger partial charge in [-0.3, -0.25) is 19.3 Å². The SMILES string of the molecule is O=C(O)CCCCCN1C(=O)[C@H]2[C@H](CC(CO)=C3B(O)O[C@H](c4ccc(O)cc4Cl)C[C@H]32)C1=O. The molecule has 2 fully saturated rings. The third-order valence-corrected chi connectivity index (χ3v) is 7.42. The van der Waals surface area contributed by atoms with Crippen molar-refractivity contribution in [2.75, 3.05) is 13.2 Å². The molecule has 0 bridgehead atoms. The summed E-state index contributed by atoms with van der Waals surface area (Å²) in [4.78, 5) is 38.5. The molecule has 9 nitrogen and oxygen atoms in total. The van der Waals surface area contributed by atoms with Gasteiger partial charge in [0.15, 0.2) is 0 Å². The predicted molar refractivity (Wildman–Crippen MR) is 122 cm³/mol. The number of benzene rings is 1. The van der Waals surface area contributed by atoms with Gasteiger partial charge in [0.05, 0.1) is 24.5 Å². The van der Waals surface area contributed by atoms with Crippen molar-refractivity contribution in [3.05, 3.63) is 39.8 Å². The minimum absolute atomic E-state index is 0.0125. The summed E-state index contributed by atoms with van der Waals surface area (Å²) in [6.07, 6.45) is 1.41. The number of carbonyl (C=O) groups excluding carboxylic acids is 2. The van der Waals surface area contributed by atoms with Crippen molar-refractivity contribution in [3.8, 4) is 5.75 Å². The fourth-order valence-corrected chi connectivity index (χ4v) is 5.84. The first-order valence-electron chi connectivity index (χ1n) is 11.4. The Balaban J connectivity index is 1.57. The van der Waals surface area contributed by atoms with Gasteiger partial charge in [0, 0.05) is 18.0 Å². The molecule has 1 aromatic rings. The molecule has 2 saturated heterocycles. The van der Waals surface area contributed by atoms with Crippen LogP contribution in [0, 0.1) is 17.8 Å². The molecule has 34 heavy (non-hydrogen) atoms. The molecule has 0 unspecified atom stereocenters. The minimum Gasteiger partial charge on any atom is -0.508 e. The first-order chi connectivity index (χ1) is 16.2. The summed E-state index contributed by atoms with van der Waals surface area (Å²) in [5.41, 5.74) is 1.52. The predicted octanol–water partition coefficient (Wildman–Crippen LogP) is 2.08. The fourth-order valence-electron chi connectivity index (χ4n) is 5.54. The van der Waals surface area contributed by atoms with E-state index in [4.69, 9.17) is 21.4 Å². The van der Waals surface area contributed by atoms with Crippen molar-refractivity contribution in [3.63, 3.8) is 0 Å². The first kappa shape index (κ1) is 24.7. The molecule has 4 rings (SSSR count). The van der Waals surface area contributed by atoms with Gasteiger partial charge in [-0.25, -0.2) is 0 Å². The summed E-state index contributed by atoms with van der Waals surface area (Å²) in [5.74, 6) is -3.29.